The van der Waals surface area contributed by atoms with Crippen LogP contribution >= 0.6 is 0 Å². The zero-order valence-electron chi connectivity index (χ0n) is 14.9. The van der Waals surface area contributed by atoms with Gasteiger partial charge in [0.15, 0.2) is 0 Å². The van der Waals surface area contributed by atoms with Gasteiger partial charge >= 0.3 is 6.09 Å². The van der Waals surface area contributed by atoms with Crippen LogP contribution < -0.4 is 9.04 Å². The fourth-order valence-electron chi connectivity index (χ4n) is 1.93. The Morgan fingerprint density at radius 1 is 1.31 bits per heavy atom. The van der Waals surface area contributed by atoms with Crippen LogP contribution in [-0.2, 0) is 14.8 Å². The lowest BCUT2D eigenvalue weighted by Gasteiger charge is -2.22. The van der Waals surface area contributed by atoms with Crippen LogP contribution in [-0.4, -0.2) is 43.2 Å². The molecule has 0 saturated carbocycles. The molecule has 10 heteroatoms. The van der Waals surface area contributed by atoms with Gasteiger partial charge in [0, 0.05) is 12.4 Å². The van der Waals surface area contributed by atoms with E-state index < -0.39 is 16.1 Å². The summed E-state index contributed by atoms with van der Waals surface area (Å²) in [4.78, 5) is 24.3. The number of sulfonamides is 1. The number of carbonyl (C=O) groups is 1. The minimum Gasteiger partial charge on any atom is -0.478 e. The third kappa shape index (κ3) is 4.26. The highest BCUT2D eigenvalue weighted by molar-refractivity contribution is 7.93. The first-order valence-electron chi connectivity index (χ1n) is 7.77. The molecule has 0 aromatic carbocycles. The molecule has 0 aliphatic rings. The molecule has 140 valence electrons. The second kappa shape index (κ2) is 8.09. The molecule has 9 nitrogen and oxygen atoms in total. The quantitative estimate of drug-likeness (QED) is 0.749. The molecular weight excluding hydrogens is 360 g/mol. The molecule has 2 rings (SSSR count). The molecule has 0 aliphatic carbocycles. The Hall–Kier alpha value is -2.75. The smallest absolute Gasteiger partial charge is 0.430 e. The number of aromatic nitrogens is 3. The summed E-state index contributed by atoms with van der Waals surface area (Å²) in [5.74, 6) is -0.373. The zero-order valence-corrected chi connectivity index (χ0v) is 15.7. The predicted octanol–water partition coefficient (Wildman–Crippen LogP) is 2.18. The van der Waals surface area contributed by atoms with Crippen LogP contribution in [0.2, 0.25) is 0 Å². The van der Waals surface area contributed by atoms with E-state index in [9.17, 15) is 13.2 Å². The van der Waals surface area contributed by atoms with Crippen LogP contribution in [0.4, 0.5) is 10.6 Å². The van der Waals surface area contributed by atoms with Gasteiger partial charge in [-0.1, -0.05) is 13.8 Å². The van der Waals surface area contributed by atoms with Gasteiger partial charge < -0.3 is 9.47 Å². The summed E-state index contributed by atoms with van der Waals surface area (Å²) >= 11 is 0. The molecule has 0 N–H and O–H groups in total. The van der Waals surface area contributed by atoms with Crippen LogP contribution in [0.25, 0.3) is 0 Å². The topological polar surface area (TPSA) is 112 Å². The number of carbonyl (C=O) groups excluding carboxylic acids is 1. The molecule has 0 saturated heterocycles. The van der Waals surface area contributed by atoms with Crippen molar-refractivity contribution in [2.75, 3.05) is 18.0 Å². The Morgan fingerprint density at radius 3 is 2.62 bits per heavy atom. The molecule has 2 heterocycles. The third-order valence-corrected chi connectivity index (χ3v) is 4.75. The first-order valence-corrected chi connectivity index (χ1v) is 9.21. The second-order valence-electron chi connectivity index (χ2n) is 5.77. The molecule has 2 aromatic heterocycles. The minimum atomic E-state index is -4.33. The highest BCUT2D eigenvalue weighted by Gasteiger charge is 2.36. The number of hydrogen-bond acceptors (Lipinski definition) is 8. The fraction of sp³-hybridized carbons (Fsp3) is 0.375. The summed E-state index contributed by atoms with van der Waals surface area (Å²) in [6.45, 7) is 5.37. The lowest BCUT2D eigenvalue weighted by atomic mass is 10.2. The molecule has 2 aromatic rings. The maximum absolute atomic E-state index is 13.0. The van der Waals surface area contributed by atoms with Gasteiger partial charge in [-0.2, -0.15) is 0 Å². The molecule has 0 aliphatic heterocycles. The molecule has 0 radical (unpaired) electrons. The van der Waals surface area contributed by atoms with Crippen LogP contribution in [0.3, 0.4) is 0 Å². The third-order valence-electron chi connectivity index (χ3n) is 3.11. The highest BCUT2D eigenvalue weighted by Crippen LogP contribution is 2.29. The lowest BCUT2D eigenvalue weighted by Crippen LogP contribution is -2.39. The van der Waals surface area contributed by atoms with E-state index in [1.54, 1.807) is 6.92 Å². The number of amides is 1. The van der Waals surface area contributed by atoms with E-state index in [-0.39, 0.29) is 29.1 Å². The average Bonchev–Trinajstić information content (AvgIpc) is 2.62. The summed E-state index contributed by atoms with van der Waals surface area (Å²) in [6.07, 6.45) is 2.79. The SMILES string of the molecule is COc1nc(C)cnc1N(C(=O)OCC(C)C)S(=O)(=O)c1cccnc1. The van der Waals surface area contributed by atoms with E-state index >= 15 is 0 Å². The largest absolute Gasteiger partial charge is 0.478 e. The second-order valence-corrected chi connectivity index (χ2v) is 7.56. The van der Waals surface area contributed by atoms with Crippen molar-refractivity contribution >= 4 is 21.9 Å². The first kappa shape index (κ1) is 19.6. The molecule has 0 unspecified atom stereocenters. The fourth-order valence-corrected chi connectivity index (χ4v) is 3.18. The van der Waals surface area contributed by atoms with Gasteiger partial charge in [-0.25, -0.2) is 23.2 Å². The predicted molar refractivity (Wildman–Crippen MR) is 93.4 cm³/mol. The van der Waals surface area contributed by atoms with Crippen molar-refractivity contribution in [1.29, 1.82) is 0 Å². The maximum atomic E-state index is 13.0. The number of nitrogens with zero attached hydrogens (tertiary/aromatic N) is 4. The van der Waals surface area contributed by atoms with E-state index in [1.165, 1.54) is 31.6 Å². The van der Waals surface area contributed by atoms with E-state index in [4.69, 9.17) is 9.47 Å². The Balaban J connectivity index is 2.58. The Bertz CT molecular complexity index is 871. The summed E-state index contributed by atoms with van der Waals surface area (Å²) < 4.78 is 36.7. The van der Waals surface area contributed by atoms with Gasteiger partial charge in [-0.3, -0.25) is 4.98 Å². The van der Waals surface area contributed by atoms with Gasteiger partial charge in [0.2, 0.25) is 5.82 Å². The van der Waals surface area contributed by atoms with Gasteiger partial charge in [0.25, 0.3) is 15.9 Å². The summed E-state index contributed by atoms with van der Waals surface area (Å²) in [5.41, 5.74) is 0.500. The number of pyridine rings is 1. The zero-order chi connectivity index (χ0) is 19.3. The molecule has 1 amide bonds. The van der Waals surface area contributed by atoms with Crippen LogP contribution in [0.1, 0.15) is 19.5 Å². The van der Waals surface area contributed by atoms with Gasteiger partial charge in [-0.05, 0) is 25.0 Å². The molecule has 0 fully saturated rings. The van der Waals surface area contributed by atoms with Crippen molar-refractivity contribution in [2.24, 2.45) is 5.92 Å². The van der Waals surface area contributed by atoms with Gasteiger partial charge in [0.1, 0.15) is 4.90 Å². The van der Waals surface area contributed by atoms with Crippen molar-refractivity contribution in [3.8, 4) is 5.88 Å². The van der Waals surface area contributed by atoms with Crippen molar-refractivity contribution in [1.82, 2.24) is 15.0 Å². The molecular formula is C16H20N4O5S. The van der Waals surface area contributed by atoms with E-state index in [1.807, 2.05) is 13.8 Å². The number of ether oxygens (including phenoxy) is 2. The normalized spacial score (nSPS) is 11.3. The highest BCUT2D eigenvalue weighted by atomic mass is 32.2. The van der Waals surface area contributed by atoms with E-state index in [0.29, 0.717) is 10.00 Å². The lowest BCUT2D eigenvalue weighted by molar-refractivity contribution is 0.143. The Labute approximate surface area is 152 Å². The van der Waals surface area contributed by atoms with E-state index in [2.05, 4.69) is 15.0 Å². The molecule has 0 bridgehead atoms. The number of methoxy groups -OCH3 is 1. The summed E-state index contributed by atoms with van der Waals surface area (Å²) in [7, 11) is -3.03. The monoisotopic (exact) mass is 380 g/mol. The Morgan fingerprint density at radius 2 is 2.04 bits per heavy atom. The molecule has 0 spiro atoms. The van der Waals surface area contributed by atoms with E-state index in [0.717, 1.165) is 6.20 Å². The summed E-state index contributed by atoms with van der Waals surface area (Å²) in [6, 6.07) is 2.77. The number of rotatable bonds is 6. The van der Waals surface area contributed by atoms with Crippen LogP contribution in [0, 0.1) is 12.8 Å². The van der Waals surface area contributed by atoms with Gasteiger partial charge in [0.05, 0.1) is 25.6 Å². The van der Waals surface area contributed by atoms with Crippen molar-refractivity contribution in [3.05, 3.63) is 36.4 Å². The summed E-state index contributed by atoms with van der Waals surface area (Å²) in [5, 5.41) is 0. The number of aryl methyl sites for hydroxylation is 1. The standard InChI is InChI=1S/C16H20N4O5S/c1-11(2)10-25-16(21)20(14-15(24-4)19-12(3)8-18-14)26(22,23)13-6-5-7-17-9-13/h5-9,11H,10H2,1-4H3. The minimum absolute atomic E-state index is 0.0212. The average molecular weight is 380 g/mol. The molecule has 0 atom stereocenters. The maximum Gasteiger partial charge on any atom is 0.430 e. The number of hydrogen-bond donors (Lipinski definition) is 0. The first-order chi connectivity index (χ1) is 12.3. The molecule has 26 heavy (non-hydrogen) atoms. The van der Waals surface area contributed by atoms with Crippen molar-refractivity contribution in [3.63, 3.8) is 0 Å². The Kier molecular flexibility index (Phi) is 6.09. The van der Waals surface area contributed by atoms with Crippen LogP contribution in [0.5, 0.6) is 5.88 Å². The van der Waals surface area contributed by atoms with Crippen LogP contribution in [0.15, 0.2) is 35.6 Å². The van der Waals surface area contributed by atoms with Crippen molar-refractivity contribution in [2.45, 2.75) is 25.7 Å². The van der Waals surface area contributed by atoms with Gasteiger partial charge in [-0.15, -0.1) is 4.31 Å². The van der Waals surface area contributed by atoms with Crippen molar-refractivity contribution < 1.29 is 22.7 Å². The number of anilines is 1.